The number of rotatable bonds is 4. The van der Waals surface area contributed by atoms with Crippen LogP contribution in [0.2, 0.25) is 0 Å². The Hall–Kier alpha value is -0.0400. The van der Waals surface area contributed by atoms with Crippen molar-refractivity contribution in [1.82, 2.24) is 5.32 Å². The number of nitrogens with one attached hydrogen (secondary N) is 1. The average Bonchev–Trinajstić information content (AvgIpc) is 2.22. The van der Waals surface area contributed by atoms with Crippen LogP contribution in [-0.4, -0.2) is 12.1 Å². The molecule has 1 fully saturated rings. The fourth-order valence-electron chi connectivity index (χ4n) is 2.62. The Morgan fingerprint density at radius 3 is 2.47 bits per heavy atom. The van der Waals surface area contributed by atoms with Gasteiger partial charge in [0.15, 0.2) is 0 Å². The predicted octanol–water partition coefficient (Wildman–Crippen LogP) is 3.84. The molecule has 15 heavy (non-hydrogen) atoms. The average molecular weight is 211 g/mol. The molecule has 0 aromatic carbocycles. The van der Waals surface area contributed by atoms with Crippen LogP contribution in [0.4, 0.5) is 0 Å². The maximum atomic E-state index is 3.85. The highest BCUT2D eigenvalue weighted by atomic mass is 15.0. The first-order valence-corrected chi connectivity index (χ1v) is 6.80. The summed E-state index contributed by atoms with van der Waals surface area (Å²) in [6.45, 7) is 11.8. The molecule has 1 nitrogen and oxygen atoms in total. The molecule has 0 aromatic rings. The highest BCUT2D eigenvalue weighted by molar-refractivity contribution is 4.84. The lowest BCUT2D eigenvalue weighted by atomic mass is 9.79. The minimum absolute atomic E-state index is 0.674. The first-order valence-electron chi connectivity index (χ1n) is 6.80. The van der Waals surface area contributed by atoms with Crippen molar-refractivity contribution in [3.8, 4) is 0 Å². The van der Waals surface area contributed by atoms with Crippen LogP contribution in [-0.2, 0) is 0 Å². The van der Waals surface area contributed by atoms with E-state index in [1.54, 1.807) is 0 Å². The molecule has 1 N–H and O–H groups in total. The van der Waals surface area contributed by atoms with Crippen LogP contribution < -0.4 is 5.32 Å². The zero-order valence-electron chi connectivity index (χ0n) is 11.2. The lowest BCUT2D eigenvalue weighted by Gasteiger charge is -2.36. The fraction of sp³-hybridized carbons (Fsp3) is 1.00. The van der Waals surface area contributed by atoms with Gasteiger partial charge >= 0.3 is 0 Å². The number of hydrogen-bond acceptors (Lipinski definition) is 1. The molecule has 0 bridgehead atoms. The first-order chi connectivity index (χ1) is 7.04. The Morgan fingerprint density at radius 2 is 1.87 bits per heavy atom. The maximum absolute atomic E-state index is 3.85. The first kappa shape index (κ1) is 13.0. The summed E-state index contributed by atoms with van der Waals surface area (Å²) < 4.78 is 0. The normalized spacial score (nSPS) is 36.2. The molecular formula is C14H29N. The van der Waals surface area contributed by atoms with E-state index in [1.165, 1.54) is 25.7 Å². The monoisotopic (exact) mass is 211 g/mol. The summed E-state index contributed by atoms with van der Waals surface area (Å²) in [6, 6.07) is 1.44. The molecule has 1 heteroatoms. The minimum Gasteiger partial charge on any atom is -0.311 e. The van der Waals surface area contributed by atoms with Gasteiger partial charge in [0.25, 0.3) is 0 Å². The van der Waals surface area contributed by atoms with Crippen molar-refractivity contribution in [2.75, 3.05) is 0 Å². The molecule has 0 spiro atoms. The quantitative estimate of drug-likeness (QED) is 0.745. The Kier molecular flexibility index (Phi) is 5.11. The van der Waals surface area contributed by atoms with Gasteiger partial charge in [-0.15, -0.1) is 0 Å². The van der Waals surface area contributed by atoms with Crippen molar-refractivity contribution in [3.05, 3.63) is 0 Å². The fourth-order valence-corrected chi connectivity index (χ4v) is 2.62. The van der Waals surface area contributed by atoms with E-state index in [9.17, 15) is 0 Å². The van der Waals surface area contributed by atoms with Gasteiger partial charge in [0.1, 0.15) is 0 Å². The van der Waals surface area contributed by atoms with Gasteiger partial charge < -0.3 is 5.32 Å². The molecule has 90 valence electrons. The summed E-state index contributed by atoms with van der Waals surface area (Å²) in [5.74, 6) is 2.59. The molecule has 0 aliphatic heterocycles. The lowest BCUT2D eigenvalue weighted by Crippen LogP contribution is -2.46. The third kappa shape index (κ3) is 3.79. The van der Waals surface area contributed by atoms with Crippen LogP contribution in [0.15, 0.2) is 0 Å². The van der Waals surface area contributed by atoms with Crippen LogP contribution in [0, 0.1) is 17.8 Å². The Balaban J connectivity index is 2.41. The second-order valence-corrected chi connectivity index (χ2v) is 5.84. The van der Waals surface area contributed by atoms with Crippen molar-refractivity contribution < 1.29 is 0 Å². The van der Waals surface area contributed by atoms with Gasteiger partial charge in [-0.1, -0.05) is 40.5 Å². The van der Waals surface area contributed by atoms with E-state index in [0.717, 1.165) is 23.8 Å². The molecule has 0 saturated heterocycles. The molecule has 0 aromatic heterocycles. The summed E-state index contributed by atoms with van der Waals surface area (Å²) in [5, 5.41) is 3.85. The maximum Gasteiger partial charge on any atom is 0.00978 e. The molecule has 5 atom stereocenters. The van der Waals surface area contributed by atoms with E-state index < -0.39 is 0 Å². The molecular weight excluding hydrogens is 182 g/mol. The van der Waals surface area contributed by atoms with Crippen LogP contribution in [0.3, 0.4) is 0 Å². The van der Waals surface area contributed by atoms with Crippen molar-refractivity contribution in [2.24, 2.45) is 17.8 Å². The van der Waals surface area contributed by atoms with E-state index in [4.69, 9.17) is 0 Å². The zero-order valence-corrected chi connectivity index (χ0v) is 11.2. The van der Waals surface area contributed by atoms with Gasteiger partial charge in [-0.3, -0.25) is 0 Å². The van der Waals surface area contributed by atoms with E-state index in [0.29, 0.717) is 6.04 Å². The van der Waals surface area contributed by atoms with Crippen molar-refractivity contribution in [2.45, 2.75) is 72.4 Å². The Bertz CT molecular complexity index is 178. The largest absolute Gasteiger partial charge is 0.311 e. The van der Waals surface area contributed by atoms with E-state index in [1.807, 2.05) is 0 Å². The number of hydrogen-bond donors (Lipinski definition) is 1. The molecule has 0 amide bonds. The standard InChI is InChI=1S/C14H29N/c1-6-11(3)13(5)15-14-9-10(2)7-8-12(14)4/h10-15H,6-9H2,1-5H3. The summed E-state index contributed by atoms with van der Waals surface area (Å²) in [5.41, 5.74) is 0. The molecule has 0 heterocycles. The molecule has 5 unspecified atom stereocenters. The highest BCUT2D eigenvalue weighted by Crippen LogP contribution is 2.29. The third-order valence-electron chi connectivity index (χ3n) is 4.43. The Morgan fingerprint density at radius 1 is 1.20 bits per heavy atom. The smallest absolute Gasteiger partial charge is 0.00978 e. The second-order valence-electron chi connectivity index (χ2n) is 5.84. The predicted molar refractivity (Wildman–Crippen MR) is 68.0 cm³/mol. The second kappa shape index (κ2) is 5.89. The van der Waals surface area contributed by atoms with Gasteiger partial charge in [-0.25, -0.2) is 0 Å². The minimum atomic E-state index is 0.674. The molecule has 1 rings (SSSR count). The van der Waals surface area contributed by atoms with Gasteiger partial charge in [0.2, 0.25) is 0 Å². The van der Waals surface area contributed by atoms with Crippen LogP contribution in [0.5, 0.6) is 0 Å². The Labute approximate surface area is 96.0 Å². The van der Waals surface area contributed by atoms with Crippen LogP contribution >= 0.6 is 0 Å². The summed E-state index contributed by atoms with van der Waals surface area (Å²) in [7, 11) is 0. The van der Waals surface area contributed by atoms with Crippen LogP contribution in [0.1, 0.15) is 60.3 Å². The molecule has 1 aliphatic rings. The molecule has 0 radical (unpaired) electrons. The summed E-state index contributed by atoms with van der Waals surface area (Å²) in [6.07, 6.45) is 5.50. The van der Waals surface area contributed by atoms with Gasteiger partial charge in [0, 0.05) is 12.1 Å². The van der Waals surface area contributed by atoms with E-state index in [2.05, 4.69) is 39.9 Å². The summed E-state index contributed by atoms with van der Waals surface area (Å²) in [4.78, 5) is 0. The van der Waals surface area contributed by atoms with Gasteiger partial charge in [-0.2, -0.15) is 0 Å². The molecule has 1 aliphatic carbocycles. The molecule has 1 saturated carbocycles. The van der Waals surface area contributed by atoms with Gasteiger partial charge in [-0.05, 0) is 37.5 Å². The van der Waals surface area contributed by atoms with Gasteiger partial charge in [0.05, 0.1) is 0 Å². The van der Waals surface area contributed by atoms with E-state index >= 15 is 0 Å². The highest BCUT2D eigenvalue weighted by Gasteiger charge is 2.27. The van der Waals surface area contributed by atoms with Crippen molar-refractivity contribution in [1.29, 1.82) is 0 Å². The lowest BCUT2D eigenvalue weighted by molar-refractivity contribution is 0.200. The summed E-state index contributed by atoms with van der Waals surface area (Å²) >= 11 is 0. The van der Waals surface area contributed by atoms with Crippen molar-refractivity contribution >= 4 is 0 Å². The zero-order chi connectivity index (χ0) is 11.4. The topological polar surface area (TPSA) is 12.0 Å². The van der Waals surface area contributed by atoms with Crippen molar-refractivity contribution in [3.63, 3.8) is 0 Å². The van der Waals surface area contributed by atoms with E-state index in [-0.39, 0.29) is 0 Å². The third-order valence-corrected chi connectivity index (χ3v) is 4.43. The SMILES string of the molecule is CCC(C)C(C)NC1CC(C)CCC1C. The van der Waals surface area contributed by atoms with Crippen LogP contribution in [0.25, 0.3) is 0 Å².